The van der Waals surface area contributed by atoms with Crippen molar-refractivity contribution in [1.82, 2.24) is 0 Å². The predicted molar refractivity (Wildman–Crippen MR) is 61.4 cm³/mol. The van der Waals surface area contributed by atoms with Crippen LogP contribution in [0.5, 0.6) is 5.75 Å². The van der Waals surface area contributed by atoms with Crippen LogP contribution in [-0.4, -0.2) is 11.7 Å². The van der Waals surface area contributed by atoms with Crippen LogP contribution >= 0.6 is 27.5 Å². The van der Waals surface area contributed by atoms with Crippen molar-refractivity contribution in [1.29, 1.82) is 0 Å². The first kappa shape index (κ1) is 11.8. The Balaban J connectivity index is 3.07. The van der Waals surface area contributed by atoms with E-state index in [9.17, 15) is 5.11 Å². The number of rotatable bonds is 3. The molecule has 0 aromatic heterocycles. The normalized spacial score (nSPS) is 12.9. The van der Waals surface area contributed by atoms with Gasteiger partial charge >= 0.3 is 0 Å². The lowest BCUT2D eigenvalue weighted by molar-refractivity contribution is 0.456. The maximum absolute atomic E-state index is 9.69. The van der Waals surface area contributed by atoms with E-state index in [2.05, 4.69) is 15.9 Å². The topological polar surface area (TPSA) is 72.3 Å². The van der Waals surface area contributed by atoms with E-state index in [4.69, 9.17) is 23.1 Å². The van der Waals surface area contributed by atoms with Crippen LogP contribution in [0.15, 0.2) is 16.6 Å². The highest BCUT2D eigenvalue weighted by Crippen LogP contribution is 2.34. The third-order valence-corrected chi connectivity index (χ3v) is 2.76. The molecule has 0 heterocycles. The highest BCUT2D eigenvalue weighted by Gasteiger charge is 2.13. The summed E-state index contributed by atoms with van der Waals surface area (Å²) in [6.07, 6.45) is 0.611. The van der Waals surface area contributed by atoms with Gasteiger partial charge in [0.25, 0.3) is 0 Å². The van der Waals surface area contributed by atoms with Crippen molar-refractivity contribution in [3.05, 3.63) is 27.2 Å². The molecule has 5 N–H and O–H groups in total. The van der Waals surface area contributed by atoms with Gasteiger partial charge in [0.05, 0.1) is 4.47 Å². The Bertz CT molecular complexity index is 333. The fourth-order valence-corrected chi connectivity index (χ4v) is 2.04. The lowest BCUT2D eigenvalue weighted by atomic mass is 10.0. The van der Waals surface area contributed by atoms with Gasteiger partial charge in [0.1, 0.15) is 5.75 Å². The minimum atomic E-state index is -0.282. The van der Waals surface area contributed by atoms with E-state index in [0.29, 0.717) is 28.0 Å². The number of hydrogen-bond donors (Lipinski definition) is 3. The molecule has 3 nitrogen and oxygen atoms in total. The maximum atomic E-state index is 9.69. The van der Waals surface area contributed by atoms with Crippen molar-refractivity contribution in [3.8, 4) is 5.75 Å². The summed E-state index contributed by atoms with van der Waals surface area (Å²) in [5.41, 5.74) is 11.8. The van der Waals surface area contributed by atoms with Gasteiger partial charge in [-0.15, -0.1) is 0 Å². The van der Waals surface area contributed by atoms with E-state index < -0.39 is 0 Å². The molecule has 0 bridgehead atoms. The summed E-state index contributed by atoms with van der Waals surface area (Å²) < 4.78 is 0.549. The van der Waals surface area contributed by atoms with Crippen LogP contribution in [0.3, 0.4) is 0 Å². The first-order chi connectivity index (χ1) is 6.56. The zero-order chi connectivity index (χ0) is 10.7. The van der Waals surface area contributed by atoms with Crippen LogP contribution in [0, 0.1) is 0 Å². The van der Waals surface area contributed by atoms with E-state index in [1.165, 1.54) is 0 Å². The van der Waals surface area contributed by atoms with Gasteiger partial charge in [0.2, 0.25) is 0 Å². The number of hydrogen-bond acceptors (Lipinski definition) is 3. The Morgan fingerprint density at radius 3 is 2.71 bits per heavy atom. The lowest BCUT2D eigenvalue weighted by Gasteiger charge is -2.13. The molecule has 0 aliphatic heterocycles. The number of phenolic OH excluding ortho intramolecular Hbond substituents is 1. The van der Waals surface area contributed by atoms with Crippen molar-refractivity contribution < 1.29 is 5.11 Å². The van der Waals surface area contributed by atoms with Crippen LogP contribution in [0.4, 0.5) is 0 Å². The molecule has 14 heavy (non-hydrogen) atoms. The highest BCUT2D eigenvalue weighted by atomic mass is 79.9. The molecular weight excluding hydrogens is 267 g/mol. The van der Waals surface area contributed by atoms with E-state index in [0.717, 1.165) is 0 Å². The summed E-state index contributed by atoms with van der Waals surface area (Å²) in [7, 11) is 0. The lowest BCUT2D eigenvalue weighted by Crippen LogP contribution is -2.15. The van der Waals surface area contributed by atoms with Crippen molar-refractivity contribution in [2.24, 2.45) is 11.5 Å². The molecule has 0 saturated carbocycles. The summed E-state index contributed by atoms with van der Waals surface area (Å²) in [6.45, 7) is 0.477. The average Bonchev–Trinajstić information content (AvgIpc) is 2.11. The van der Waals surface area contributed by atoms with Gasteiger partial charge in [-0.2, -0.15) is 0 Å². The third-order valence-electron chi connectivity index (χ3n) is 1.93. The van der Waals surface area contributed by atoms with Crippen molar-refractivity contribution >= 4 is 27.5 Å². The second-order valence-corrected chi connectivity index (χ2v) is 4.30. The molecule has 1 aromatic carbocycles. The first-order valence-electron chi connectivity index (χ1n) is 4.19. The number of benzene rings is 1. The van der Waals surface area contributed by atoms with E-state index >= 15 is 0 Å². The van der Waals surface area contributed by atoms with Crippen LogP contribution in [0.25, 0.3) is 0 Å². The van der Waals surface area contributed by atoms with Gasteiger partial charge in [-0.25, -0.2) is 0 Å². The molecule has 0 aliphatic rings. The van der Waals surface area contributed by atoms with Gasteiger partial charge in [-0.1, -0.05) is 11.6 Å². The van der Waals surface area contributed by atoms with E-state index in [1.54, 1.807) is 12.1 Å². The Morgan fingerprint density at radius 2 is 2.14 bits per heavy atom. The Kier molecular flexibility index (Phi) is 4.19. The molecule has 0 unspecified atom stereocenters. The fraction of sp³-hybridized carbons (Fsp3) is 0.333. The molecule has 5 heteroatoms. The Labute approximate surface area is 96.2 Å². The molecule has 0 amide bonds. The molecular formula is C9H12BrClN2O. The molecule has 0 aliphatic carbocycles. The predicted octanol–water partition coefficient (Wildman–Crippen LogP) is 2.16. The standard InChI is InChI=1S/C9H12BrClN2O/c10-7-4-5(11)3-6(9(7)14)8(13)1-2-12/h3-4,8,14H,1-2,12-13H2/t8-/m1/s1. The summed E-state index contributed by atoms with van der Waals surface area (Å²) in [5, 5.41) is 10.2. The van der Waals surface area contributed by atoms with E-state index in [1.807, 2.05) is 0 Å². The zero-order valence-corrected chi connectivity index (χ0v) is 9.85. The SMILES string of the molecule is NCC[C@@H](N)c1cc(Cl)cc(Br)c1O. The van der Waals surface area contributed by atoms with Gasteiger partial charge in [-0.05, 0) is 41.0 Å². The Morgan fingerprint density at radius 1 is 1.50 bits per heavy atom. The first-order valence-corrected chi connectivity index (χ1v) is 5.37. The second kappa shape index (κ2) is 4.98. The van der Waals surface area contributed by atoms with Crippen molar-refractivity contribution in [2.45, 2.75) is 12.5 Å². The number of phenols is 1. The minimum Gasteiger partial charge on any atom is -0.506 e. The monoisotopic (exact) mass is 278 g/mol. The average molecular weight is 280 g/mol. The molecule has 0 fully saturated rings. The highest BCUT2D eigenvalue weighted by molar-refractivity contribution is 9.10. The second-order valence-electron chi connectivity index (χ2n) is 3.01. The van der Waals surface area contributed by atoms with Gasteiger partial charge in [-0.3, -0.25) is 0 Å². The van der Waals surface area contributed by atoms with Gasteiger partial charge in [0.15, 0.2) is 0 Å². The quantitative estimate of drug-likeness (QED) is 0.794. The largest absolute Gasteiger partial charge is 0.506 e. The van der Waals surface area contributed by atoms with Crippen LogP contribution in [-0.2, 0) is 0 Å². The third kappa shape index (κ3) is 2.60. The van der Waals surface area contributed by atoms with Crippen molar-refractivity contribution in [3.63, 3.8) is 0 Å². The maximum Gasteiger partial charge on any atom is 0.134 e. The van der Waals surface area contributed by atoms with Crippen molar-refractivity contribution in [2.75, 3.05) is 6.54 Å². The van der Waals surface area contributed by atoms with Crippen LogP contribution in [0.2, 0.25) is 5.02 Å². The summed E-state index contributed by atoms with van der Waals surface area (Å²) >= 11 is 9.03. The molecule has 1 rings (SSSR count). The number of halogens is 2. The minimum absolute atomic E-state index is 0.135. The summed E-state index contributed by atoms with van der Waals surface area (Å²) in [5.74, 6) is 0.135. The molecule has 0 radical (unpaired) electrons. The molecule has 1 atom stereocenters. The van der Waals surface area contributed by atoms with Crippen LogP contribution in [0.1, 0.15) is 18.0 Å². The number of nitrogens with two attached hydrogens (primary N) is 2. The smallest absolute Gasteiger partial charge is 0.134 e. The van der Waals surface area contributed by atoms with Gasteiger partial charge in [0, 0.05) is 16.6 Å². The molecule has 0 spiro atoms. The molecule has 1 aromatic rings. The molecule has 78 valence electrons. The Hall–Kier alpha value is -0.290. The zero-order valence-electron chi connectivity index (χ0n) is 7.50. The number of aromatic hydroxyl groups is 1. The van der Waals surface area contributed by atoms with Gasteiger partial charge < -0.3 is 16.6 Å². The summed E-state index contributed by atoms with van der Waals surface area (Å²) in [4.78, 5) is 0. The van der Waals surface area contributed by atoms with Crippen LogP contribution < -0.4 is 11.5 Å². The fourth-order valence-electron chi connectivity index (χ4n) is 1.20. The molecule has 0 saturated heterocycles. The van der Waals surface area contributed by atoms with E-state index in [-0.39, 0.29) is 11.8 Å². The summed E-state index contributed by atoms with van der Waals surface area (Å²) in [6, 6.07) is 2.99.